The lowest BCUT2D eigenvalue weighted by Crippen LogP contribution is -2.33. The zero-order chi connectivity index (χ0) is 21.7. The van der Waals surface area contributed by atoms with Gasteiger partial charge in [-0.3, -0.25) is 14.7 Å². The summed E-state index contributed by atoms with van der Waals surface area (Å²) in [5.74, 6) is -0.406. The largest absolute Gasteiger partial charge is 0.389 e. The van der Waals surface area contributed by atoms with Crippen LogP contribution >= 0.6 is 0 Å². The molecule has 0 spiro atoms. The molecule has 4 rings (SSSR count). The smallest absolute Gasteiger partial charge is 0.229 e. The van der Waals surface area contributed by atoms with Gasteiger partial charge >= 0.3 is 0 Å². The molecule has 1 aromatic carbocycles. The highest BCUT2D eigenvalue weighted by atomic mass is 19.1. The first-order chi connectivity index (χ1) is 14.0. The maximum atomic E-state index is 13.5. The van der Waals surface area contributed by atoms with Crippen LogP contribution < -0.4 is 5.32 Å². The molecule has 3 N–H and O–H groups in total. The van der Waals surface area contributed by atoms with Gasteiger partial charge in [0, 0.05) is 0 Å². The van der Waals surface area contributed by atoms with Gasteiger partial charge in [-0.1, -0.05) is 0 Å². The number of nitrogens with zero attached hydrogens (tertiary/aromatic N) is 3. The molecule has 2 aromatic heterocycles. The minimum Gasteiger partial charge on any atom is -0.389 e. The first-order valence-corrected chi connectivity index (χ1v) is 9.95. The number of pyridine rings is 1. The third-order valence-corrected chi connectivity index (χ3v) is 5.44. The van der Waals surface area contributed by atoms with Crippen LogP contribution in [-0.4, -0.2) is 36.3 Å². The maximum Gasteiger partial charge on any atom is 0.229 e. The molecule has 0 saturated heterocycles. The Morgan fingerprint density at radius 1 is 1.13 bits per heavy atom. The summed E-state index contributed by atoms with van der Waals surface area (Å²) < 4.78 is 15.1. The molecular weight excluding hydrogens is 387 g/mol. The van der Waals surface area contributed by atoms with Crippen LogP contribution in [0.2, 0.25) is 0 Å². The Bertz CT molecular complexity index is 1100. The zero-order valence-electron chi connectivity index (χ0n) is 17.2. The van der Waals surface area contributed by atoms with Gasteiger partial charge in [0.15, 0.2) is 5.65 Å². The number of imidazole rings is 1. The molecule has 0 radical (unpaired) electrons. The van der Waals surface area contributed by atoms with E-state index in [1.165, 1.54) is 12.1 Å². The quantitative estimate of drug-likeness (QED) is 0.577. The summed E-state index contributed by atoms with van der Waals surface area (Å²) in [6.07, 6.45) is 1.78. The Morgan fingerprint density at radius 3 is 2.40 bits per heavy atom. The van der Waals surface area contributed by atoms with Crippen LogP contribution in [0.15, 0.2) is 36.4 Å². The molecule has 1 saturated carbocycles. The Kier molecular flexibility index (Phi) is 4.86. The number of fused-ring (bicyclic) bond motifs is 1. The lowest BCUT2D eigenvalue weighted by molar-refractivity contribution is -0.121. The third-order valence-electron chi connectivity index (χ3n) is 5.44. The van der Waals surface area contributed by atoms with E-state index in [2.05, 4.69) is 15.3 Å². The molecule has 0 aliphatic heterocycles. The number of rotatable bonds is 6. The van der Waals surface area contributed by atoms with Gasteiger partial charge in [0.25, 0.3) is 0 Å². The second-order valence-corrected chi connectivity index (χ2v) is 8.70. The standard InChI is InChI=1S/C22H25FN4O3/c1-21(2,29)17-11-10-16-19(25-17)27(15-8-6-14(23)7-9-15)20(24-16)26-18(28)12-22(3,30)13-4-5-13/h6-11,13,29-30H,4-5,12H2,1-3H3,(H,24,26,28)/t22-/m0/s1. The van der Waals surface area contributed by atoms with Crippen molar-refractivity contribution in [2.24, 2.45) is 5.92 Å². The van der Waals surface area contributed by atoms with Crippen LogP contribution in [0.3, 0.4) is 0 Å². The van der Waals surface area contributed by atoms with Gasteiger partial charge in [-0.15, -0.1) is 0 Å². The number of amides is 1. The summed E-state index contributed by atoms with van der Waals surface area (Å²) in [6, 6.07) is 9.13. The predicted molar refractivity (Wildman–Crippen MR) is 111 cm³/mol. The Labute approximate surface area is 173 Å². The SMILES string of the molecule is CC(C)(O)c1ccc2nc(NC(=O)C[C@](C)(O)C3CC3)n(-c3ccc(F)cc3)c2n1. The molecule has 1 aliphatic carbocycles. The minimum atomic E-state index is -1.17. The van der Waals surface area contributed by atoms with Gasteiger partial charge in [0.2, 0.25) is 11.9 Å². The second kappa shape index (κ2) is 7.14. The predicted octanol–water partition coefficient (Wildman–Crippen LogP) is 3.28. The first-order valence-electron chi connectivity index (χ1n) is 9.95. The number of hydrogen-bond acceptors (Lipinski definition) is 5. The van der Waals surface area contributed by atoms with Gasteiger partial charge in [-0.25, -0.2) is 14.4 Å². The van der Waals surface area contributed by atoms with Crippen molar-refractivity contribution in [3.63, 3.8) is 0 Å². The average molecular weight is 412 g/mol. The van der Waals surface area contributed by atoms with Gasteiger partial charge in [-0.05, 0) is 75.9 Å². The van der Waals surface area contributed by atoms with Crippen molar-refractivity contribution in [2.45, 2.75) is 51.2 Å². The van der Waals surface area contributed by atoms with Crippen molar-refractivity contribution in [3.05, 3.63) is 47.9 Å². The summed E-state index contributed by atoms with van der Waals surface area (Å²) in [4.78, 5) is 21.7. The van der Waals surface area contributed by atoms with Crippen LogP contribution in [0.4, 0.5) is 10.3 Å². The fourth-order valence-electron chi connectivity index (χ4n) is 3.56. The average Bonchev–Trinajstić information content (AvgIpc) is 3.44. The Balaban J connectivity index is 1.76. The highest BCUT2D eigenvalue weighted by molar-refractivity contribution is 5.92. The summed E-state index contributed by atoms with van der Waals surface area (Å²) in [6.45, 7) is 4.93. The van der Waals surface area contributed by atoms with E-state index in [4.69, 9.17) is 0 Å². The molecular formula is C22H25FN4O3. The normalized spacial score (nSPS) is 16.5. The Morgan fingerprint density at radius 2 is 1.80 bits per heavy atom. The van der Waals surface area contributed by atoms with E-state index in [1.807, 2.05) is 0 Å². The van der Waals surface area contributed by atoms with Gasteiger partial charge in [0.1, 0.15) is 16.9 Å². The number of nitrogens with one attached hydrogen (secondary N) is 1. The zero-order valence-corrected chi connectivity index (χ0v) is 17.2. The molecule has 2 heterocycles. The second-order valence-electron chi connectivity index (χ2n) is 8.70. The van der Waals surface area contributed by atoms with E-state index < -0.39 is 11.2 Å². The first kappa shape index (κ1) is 20.4. The molecule has 0 bridgehead atoms. The number of aromatic nitrogens is 3. The van der Waals surface area contributed by atoms with E-state index >= 15 is 0 Å². The van der Waals surface area contributed by atoms with Crippen LogP contribution in [0, 0.1) is 11.7 Å². The third kappa shape index (κ3) is 4.06. The van der Waals surface area contributed by atoms with Crippen LogP contribution in [0.1, 0.15) is 45.7 Å². The molecule has 1 fully saturated rings. The number of hydrogen-bond donors (Lipinski definition) is 3. The minimum absolute atomic E-state index is 0.0490. The summed E-state index contributed by atoms with van der Waals surface area (Å²) >= 11 is 0. The summed E-state index contributed by atoms with van der Waals surface area (Å²) in [7, 11) is 0. The van der Waals surface area contributed by atoms with Crippen LogP contribution in [0.5, 0.6) is 0 Å². The van der Waals surface area contributed by atoms with E-state index in [-0.39, 0.29) is 30.0 Å². The molecule has 8 heteroatoms. The lowest BCUT2D eigenvalue weighted by atomic mass is 9.96. The molecule has 3 aromatic rings. The number of anilines is 1. The Hall–Kier alpha value is -2.84. The van der Waals surface area contributed by atoms with Gasteiger partial charge in [0.05, 0.1) is 23.4 Å². The number of halogens is 1. The van der Waals surface area contributed by atoms with Crippen molar-refractivity contribution < 1.29 is 19.4 Å². The van der Waals surface area contributed by atoms with Gasteiger partial charge < -0.3 is 10.2 Å². The molecule has 1 amide bonds. The van der Waals surface area contributed by atoms with Crippen molar-refractivity contribution >= 4 is 23.0 Å². The number of carbonyl (C=O) groups is 1. The van der Waals surface area contributed by atoms with Crippen molar-refractivity contribution in [1.82, 2.24) is 14.5 Å². The van der Waals surface area contributed by atoms with Crippen molar-refractivity contribution in [2.75, 3.05) is 5.32 Å². The van der Waals surface area contributed by atoms with Crippen molar-refractivity contribution in [1.29, 1.82) is 0 Å². The van der Waals surface area contributed by atoms with E-state index in [1.54, 1.807) is 49.6 Å². The summed E-state index contributed by atoms with van der Waals surface area (Å²) in [5.41, 5.74) is -0.305. The highest BCUT2D eigenvalue weighted by Crippen LogP contribution is 2.41. The molecule has 0 unspecified atom stereocenters. The maximum absolute atomic E-state index is 13.5. The van der Waals surface area contributed by atoms with Crippen LogP contribution in [-0.2, 0) is 10.4 Å². The van der Waals surface area contributed by atoms with E-state index in [0.717, 1.165) is 12.8 Å². The van der Waals surface area contributed by atoms with E-state index in [9.17, 15) is 19.4 Å². The highest BCUT2D eigenvalue weighted by Gasteiger charge is 2.41. The van der Waals surface area contributed by atoms with Gasteiger partial charge in [-0.2, -0.15) is 0 Å². The van der Waals surface area contributed by atoms with E-state index in [0.29, 0.717) is 22.5 Å². The molecule has 158 valence electrons. The number of benzene rings is 1. The van der Waals surface area contributed by atoms with Crippen LogP contribution in [0.25, 0.3) is 16.9 Å². The van der Waals surface area contributed by atoms with Crippen molar-refractivity contribution in [3.8, 4) is 5.69 Å². The molecule has 1 atom stereocenters. The fourth-order valence-corrected chi connectivity index (χ4v) is 3.56. The monoisotopic (exact) mass is 412 g/mol. The fraction of sp³-hybridized carbons (Fsp3) is 0.409. The summed E-state index contributed by atoms with van der Waals surface area (Å²) in [5, 5.41) is 23.6. The number of aliphatic hydroxyl groups is 2. The lowest BCUT2D eigenvalue weighted by Gasteiger charge is -2.22. The topological polar surface area (TPSA) is 100 Å². The molecule has 7 nitrogen and oxygen atoms in total. The molecule has 30 heavy (non-hydrogen) atoms. The number of carbonyl (C=O) groups excluding carboxylic acids is 1. The molecule has 1 aliphatic rings.